The summed E-state index contributed by atoms with van der Waals surface area (Å²) in [6.45, 7) is 10.7. The van der Waals surface area contributed by atoms with Crippen LogP contribution in [0.5, 0.6) is 0 Å². The van der Waals surface area contributed by atoms with Gasteiger partial charge in [0.2, 0.25) is 0 Å². The fraction of sp³-hybridized carbons (Fsp3) is 0.143. The second-order valence-electron chi connectivity index (χ2n) is 2.92. The first-order valence-corrected chi connectivity index (χ1v) is 4.63. The van der Waals surface area contributed by atoms with E-state index in [1.807, 2.05) is 24.3 Å². The van der Waals surface area contributed by atoms with Crippen LogP contribution in [0.25, 0.3) is 0 Å². The predicted molar refractivity (Wildman–Crippen MR) is 67.0 cm³/mol. The standard InChI is InChI=1S/2C6H7.2CHO.2Ni/c2*1-6-4-2-3-5-6;2*1-2;;/h2*2-5H,1H3;2*1H;;/q-5;3*-1;;. The molecule has 0 bridgehead atoms. The molecule has 0 atom stereocenters. The molecule has 0 amide bonds. The molecule has 112 valence electrons. The van der Waals surface area contributed by atoms with Gasteiger partial charge in [-0.1, -0.05) is 6.92 Å². The molecule has 0 unspecified atom stereocenters. The first kappa shape index (κ1) is 25.8. The van der Waals surface area contributed by atoms with Gasteiger partial charge in [-0.15, -0.1) is 0 Å². The van der Waals surface area contributed by atoms with Crippen molar-refractivity contribution in [3.05, 3.63) is 59.7 Å². The number of hydrogen-bond donors (Lipinski definition) is 0. The molecule has 0 spiro atoms. The van der Waals surface area contributed by atoms with E-state index in [4.69, 9.17) is 9.59 Å². The molecule has 0 aliphatic heterocycles. The van der Waals surface area contributed by atoms with Crippen LogP contribution in [-0.2, 0) is 42.6 Å². The Balaban J connectivity index is -0.0000000787. The van der Waals surface area contributed by atoms with Crippen molar-refractivity contribution in [3.8, 4) is 0 Å². The normalized spacial score (nSPS) is 6.33. The zero-order chi connectivity index (χ0) is 12.8. The summed E-state index contributed by atoms with van der Waals surface area (Å²) in [6, 6.07) is 16.5. The third-order valence-corrected chi connectivity index (χ3v) is 1.66. The molecule has 0 saturated carbocycles. The molecular formula is C14H16Ni2O2-8. The number of aryl methyl sites for hydroxylation is 2. The summed E-state index contributed by atoms with van der Waals surface area (Å²) in [7, 11) is 0. The molecular weight excluding hydrogens is 318 g/mol. The molecule has 2 nitrogen and oxygen atoms in total. The average Bonchev–Trinajstić information content (AvgIpc) is 2.98. The van der Waals surface area contributed by atoms with Gasteiger partial charge >= 0.3 is 0 Å². The molecule has 0 saturated heterocycles. The molecule has 4 heteroatoms. The van der Waals surface area contributed by atoms with E-state index < -0.39 is 0 Å². The van der Waals surface area contributed by atoms with Crippen LogP contribution >= 0.6 is 0 Å². The minimum absolute atomic E-state index is 0. The Labute approximate surface area is 129 Å². The van der Waals surface area contributed by atoms with Crippen molar-refractivity contribution >= 4 is 13.6 Å². The molecule has 0 aromatic heterocycles. The van der Waals surface area contributed by atoms with E-state index in [0.29, 0.717) is 0 Å². The van der Waals surface area contributed by atoms with E-state index in [1.54, 1.807) is 0 Å². The first-order valence-electron chi connectivity index (χ1n) is 4.63. The van der Waals surface area contributed by atoms with Gasteiger partial charge in [0.15, 0.2) is 0 Å². The maximum absolute atomic E-state index is 7.75. The third kappa shape index (κ3) is 17.4. The quantitative estimate of drug-likeness (QED) is 0.422. The Kier molecular flexibility index (Phi) is 30.5. The van der Waals surface area contributed by atoms with Crippen molar-refractivity contribution in [2.24, 2.45) is 0 Å². The maximum atomic E-state index is 7.75. The summed E-state index contributed by atoms with van der Waals surface area (Å²) in [5.74, 6) is 0. The van der Waals surface area contributed by atoms with Crippen LogP contribution in [0.2, 0.25) is 0 Å². The van der Waals surface area contributed by atoms with Crippen LogP contribution in [0.15, 0.2) is 48.5 Å². The van der Waals surface area contributed by atoms with E-state index in [1.165, 1.54) is 11.1 Å². The molecule has 0 radical (unpaired) electrons. The van der Waals surface area contributed by atoms with E-state index in [2.05, 4.69) is 51.7 Å². The largest absolute Gasteiger partial charge is 0.748 e. The second-order valence-corrected chi connectivity index (χ2v) is 2.92. The van der Waals surface area contributed by atoms with Gasteiger partial charge in [-0.3, -0.25) is 13.6 Å². The zero-order valence-electron chi connectivity index (χ0n) is 10.2. The summed E-state index contributed by atoms with van der Waals surface area (Å²) >= 11 is 0. The van der Waals surface area contributed by atoms with Crippen LogP contribution in [0.3, 0.4) is 0 Å². The fourth-order valence-corrected chi connectivity index (χ4v) is 0.940. The Morgan fingerprint density at radius 2 is 1.17 bits per heavy atom. The molecule has 0 aliphatic rings. The Morgan fingerprint density at radius 3 is 1.28 bits per heavy atom. The SMILES string of the molecule is C[c-]1[cH-][cH-][cH-][cH-]1.C[c-]1cccc1.[CH-]=O.[CH-]=O.[Ni].[Ni]. The van der Waals surface area contributed by atoms with E-state index in [9.17, 15) is 0 Å². The van der Waals surface area contributed by atoms with Gasteiger partial charge in [0.05, 0.1) is 0 Å². The zero-order valence-corrected chi connectivity index (χ0v) is 12.2. The maximum Gasteiger partial charge on any atom is 0 e. The van der Waals surface area contributed by atoms with E-state index >= 15 is 0 Å². The van der Waals surface area contributed by atoms with Gasteiger partial charge in [-0.25, -0.2) is 19.1 Å². The molecule has 0 aliphatic carbocycles. The predicted octanol–water partition coefficient (Wildman–Crippen LogP) is 2.87. The van der Waals surface area contributed by atoms with Gasteiger partial charge in [-0.2, -0.15) is 17.7 Å². The van der Waals surface area contributed by atoms with Crippen molar-refractivity contribution in [2.75, 3.05) is 0 Å². The van der Waals surface area contributed by atoms with Crippen molar-refractivity contribution in [1.29, 1.82) is 0 Å². The van der Waals surface area contributed by atoms with Gasteiger partial charge in [0.25, 0.3) is 0 Å². The first-order chi connectivity index (χ1) is 7.79. The molecule has 2 aromatic carbocycles. The number of hydrogen-bond acceptors (Lipinski definition) is 2. The topological polar surface area (TPSA) is 34.1 Å². The van der Waals surface area contributed by atoms with Crippen LogP contribution in [0, 0.1) is 13.8 Å². The fourth-order valence-electron chi connectivity index (χ4n) is 0.940. The van der Waals surface area contributed by atoms with Gasteiger partial charge in [0, 0.05) is 33.0 Å². The summed E-state index contributed by atoms with van der Waals surface area (Å²) in [4.78, 5) is 15.5. The molecule has 18 heavy (non-hydrogen) atoms. The number of carbonyl (C=O) groups excluding carboxylic acids is 2. The van der Waals surface area contributed by atoms with E-state index in [-0.39, 0.29) is 33.0 Å². The molecule has 2 rings (SSSR count). The third-order valence-electron chi connectivity index (χ3n) is 1.66. The minimum atomic E-state index is 0. The van der Waals surface area contributed by atoms with Gasteiger partial charge in [0.1, 0.15) is 0 Å². The summed E-state index contributed by atoms with van der Waals surface area (Å²) < 4.78 is 0. The minimum Gasteiger partial charge on any atom is -0.748 e. The smallest absolute Gasteiger partial charge is 0 e. The summed E-state index contributed by atoms with van der Waals surface area (Å²) in [5, 5.41) is 0. The van der Waals surface area contributed by atoms with Crippen LogP contribution in [0.4, 0.5) is 0 Å². The van der Waals surface area contributed by atoms with Crippen LogP contribution < -0.4 is 0 Å². The van der Waals surface area contributed by atoms with Crippen molar-refractivity contribution < 1.29 is 42.6 Å². The average molecular weight is 334 g/mol. The van der Waals surface area contributed by atoms with Crippen molar-refractivity contribution in [3.63, 3.8) is 0 Å². The summed E-state index contributed by atoms with van der Waals surface area (Å²) in [6.07, 6.45) is 0. The van der Waals surface area contributed by atoms with Crippen molar-refractivity contribution in [1.82, 2.24) is 0 Å². The summed E-state index contributed by atoms with van der Waals surface area (Å²) in [5.41, 5.74) is 2.69. The van der Waals surface area contributed by atoms with Crippen molar-refractivity contribution in [2.45, 2.75) is 13.8 Å². The second kappa shape index (κ2) is 21.3. The molecule has 2 aromatic rings. The monoisotopic (exact) mass is 332 g/mol. The molecule has 0 N–H and O–H groups in total. The van der Waals surface area contributed by atoms with Gasteiger partial charge in [-0.05, 0) is 0 Å². The number of rotatable bonds is 0. The van der Waals surface area contributed by atoms with Gasteiger partial charge < -0.3 is 39.4 Å². The Bertz CT molecular complexity index is 281. The van der Waals surface area contributed by atoms with Crippen LogP contribution in [-0.4, -0.2) is 13.6 Å². The van der Waals surface area contributed by atoms with E-state index in [0.717, 1.165) is 0 Å². The molecule has 0 fully saturated rings. The van der Waals surface area contributed by atoms with Crippen LogP contribution in [0.1, 0.15) is 11.1 Å². The molecule has 0 heterocycles. The Hall–Kier alpha value is -0.973. The Morgan fingerprint density at radius 1 is 0.833 bits per heavy atom.